The number of rotatable bonds is 4. The van der Waals surface area contributed by atoms with E-state index in [1.165, 1.54) is 18.4 Å². The molecule has 0 spiro atoms. The van der Waals surface area contributed by atoms with Gasteiger partial charge in [0, 0.05) is 23.8 Å². The molecule has 5 rings (SSSR count). The topological polar surface area (TPSA) is 100 Å². The Labute approximate surface area is 205 Å². The molecule has 1 saturated heterocycles. The number of carbonyl (C=O) groups excluding carboxylic acids is 1. The number of amides is 1. The molecular formula is C25H26F3N5O3. The van der Waals surface area contributed by atoms with Crippen LogP contribution in [0.1, 0.15) is 29.9 Å². The van der Waals surface area contributed by atoms with E-state index in [9.17, 15) is 18.0 Å². The summed E-state index contributed by atoms with van der Waals surface area (Å²) in [4.78, 5) is 24.1. The van der Waals surface area contributed by atoms with E-state index in [1.54, 1.807) is 12.7 Å². The van der Waals surface area contributed by atoms with Crippen molar-refractivity contribution in [2.75, 3.05) is 24.5 Å². The third kappa shape index (κ3) is 5.91. The van der Waals surface area contributed by atoms with Crippen LogP contribution in [0.15, 0.2) is 61.2 Å². The van der Waals surface area contributed by atoms with Crippen LogP contribution in [0.2, 0.25) is 0 Å². The highest BCUT2D eigenvalue weighted by Gasteiger charge is 2.38. The number of carboxylic acids is 1. The lowest BCUT2D eigenvalue weighted by Crippen LogP contribution is -2.35. The predicted octanol–water partition coefficient (Wildman–Crippen LogP) is 3.57. The zero-order valence-corrected chi connectivity index (χ0v) is 19.4. The van der Waals surface area contributed by atoms with Crippen molar-refractivity contribution < 1.29 is 27.9 Å². The minimum Gasteiger partial charge on any atom is -0.475 e. The Morgan fingerprint density at radius 1 is 1.00 bits per heavy atom. The number of para-hydroxylation sites is 1. The quantitative estimate of drug-likeness (QED) is 0.567. The van der Waals surface area contributed by atoms with E-state index in [0.717, 1.165) is 36.6 Å². The zero-order chi connectivity index (χ0) is 25.7. The fourth-order valence-electron chi connectivity index (χ4n) is 4.72. The molecule has 3 aromatic rings. The van der Waals surface area contributed by atoms with Crippen molar-refractivity contribution in [1.82, 2.24) is 20.1 Å². The fraction of sp³-hybridized carbons (Fsp3) is 0.360. The first-order valence-electron chi connectivity index (χ1n) is 11.6. The van der Waals surface area contributed by atoms with Crippen LogP contribution in [0.4, 0.5) is 18.9 Å². The molecule has 2 aliphatic heterocycles. The van der Waals surface area contributed by atoms with Crippen LogP contribution in [-0.4, -0.2) is 57.6 Å². The number of piperidine rings is 1. The third-order valence-electron chi connectivity index (χ3n) is 6.51. The second-order valence-electron chi connectivity index (χ2n) is 8.77. The van der Waals surface area contributed by atoms with Crippen LogP contribution in [0.25, 0.3) is 5.69 Å². The number of halogens is 3. The molecule has 0 bridgehead atoms. The molecular weight excluding hydrogens is 475 g/mol. The van der Waals surface area contributed by atoms with Crippen LogP contribution < -0.4 is 10.2 Å². The van der Waals surface area contributed by atoms with Gasteiger partial charge in [-0.25, -0.2) is 4.79 Å². The molecule has 36 heavy (non-hydrogen) atoms. The summed E-state index contributed by atoms with van der Waals surface area (Å²) in [5.41, 5.74) is 4.45. The van der Waals surface area contributed by atoms with Gasteiger partial charge >= 0.3 is 12.1 Å². The number of hydrogen-bond donors (Lipinski definition) is 2. The number of carboxylic acid groups (broad SMARTS) is 1. The number of aliphatic carboxylic acids is 1. The Balaban J connectivity index is 0.000000384. The second-order valence-corrected chi connectivity index (χ2v) is 8.77. The van der Waals surface area contributed by atoms with E-state index < -0.39 is 12.1 Å². The van der Waals surface area contributed by atoms with Gasteiger partial charge in [0.05, 0.1) is 6.42 Å². The lowest BCUT2D eigenvalue weighted by molar-refractivity contribution is -0.192. The Morgan fingerprint density at radius 2 is 1.61 bits per heavy atom. The largest absolute Gasteiger partial charge is 0.490 e. The molecule has 1 fully saturated rings. The number of aromatic nitrogens is 3. The summed E-state index contributed by atoms with van der Waals surface area (Å²) >= 11 is 0. The predicted molar refractivity (Wildman–Crippen MR) is 126 cm³/mol. The molecule has 8 nitrogen and oxygen atoms in total. The van der Waals surface area contributed by atoms with E-state index >= 15 is 0 Å². The zero-order valence-electron chi connectivity index (χ0n) is 19.4. The first-order chi connectivity index (χ1) is 17.2. The normalized spacial score (nSPS) is 17.8. The van der Waals surface area contributed by atoms with Crippen LogP contribution in [-0.2, 0) is 16.0 Å². The average molecular weight is 502 g/mol. The number of benzene rings is 2. The van der Waals surface area contributed by atoms with Crippen molar-refractivity contribution in [2.24, 2.45) is 5.92 Å². The Hall–Kier alpha value is -3.73. The van der Waals surface area contributed by atoms with Gasteiger partial charge in [-0.1, -0.05) is 30.3 Å². The highest BCUT2D eigenvalue weighted by molar-refractivity contribution is 5.97. The molecule has 0 radical (unpaired) electrons. The van der Waals surface area contributed by atoms with Gasteiger partial charge in [0.15, 0.2) is 0 Å². The number of anilines is 1. The Bertz CT molecular complexity index is 1180. The summed E-state index contributed by atoms with van der Waals surface area (Å²) in [6.45, 7) is 2.97. The maximum absolute atomic E-state index is 13.2. The monoisotopic (exact) mass is 501 g/mol. The van der Waals surface area contributed by atoms with Crippen LogP contribution in [0, 0.1) is 5.92 Å². The second kappa shape index (κ2) is 10.9. The highest BCUT2D eigenvalue weighted by atomic mass is 19.4. The van der Waals surface area contributed by atoms with Crippen molar-refractivity contribution in [3.8, 4) is 5.69 Å². The molecule has 11 heteroatoms. The van der Waals surface area contributed by atoms with Gasteiger partial charge < -0.3 is 15.3 Å². The standard InChI is InChI=1S/C23H25N5O.C2HF3O2/c29-23(13-17-5-7-19(8-6-17)27-15-25-26-16-27)28-14-21(18-9-11-24-12-10-18)20-3-1-2-4-22(20)28;3-2(4,5)1(6)7/h1-8,15-16,18,21,24H,9-14H2;(H,6,7). The SMILES string of the molecule is O=C(Cc1ccc(-n2cnnc2)cc1)N1CC(C2CCNCC2)c2ccccc21.O=C(O)C(F)(F)F. The number of fused-ring (bicyclic) bond motifs is 1. The number of nitrogens with zero attached hydrogens (tertiary/aromatic N) is 4. The van der Waals surface area contributed by atoms with Crippen molar-refractivity contribution in [2.45, 2.75) is 31.4 Å². The summed E-state index contributed by atoms with van der Waals surface area (Å²) < 4.78 is 33.6. The number of alkyl halides is 3. The number of nitrogens with one attached hydrogen (secondary N) is 1. The lowest BCUT2D eigenvalue weighted by Gasteiger charge is -2.28. The fourth-order valence-corrected chi connectivity index (χ4v) is 4.72. The van der Waals surface area contributed by atoms with Gasteiger partial charge in [-0.15, -0.1) is 10.2 Å². The Morgan fingerprint density at radius 3 is 2.22 bits per heavy atom. The maximum atomic E-state index is 13.2. The van der Waals surface area contributed by atoms with Crippen molar-refractivity contribution in [3.05, 3.63) is 72.3 Å². The smallest absolute Gasteiger partial charge is 0.475 e. The third-order valence-corrected chi connectivity index (χ3v) is 6.51. The molecule has 2 aromatic carbocycles. The molecule has 190 valence electrons. The van der Waals surface area contributed by atoms with Crippen molar-refractivity contribution >= 4 is 17.6 Å². The number of hydrogen-bond acceptors (Lipinski definition) is 5. The first kappa shape index (κ1) is 25.4. The molecule has 3 heterocycles. The average Bonchev–Trinajstić information content (AvgIpc) is 3.54. The van der Waals surface area contributed by atoms with Crippen LogP contribution >= 0.6 is 0 Å². The van der Waals surface area contributed by atoms with Gasteiger partial charge in [-0.05, 0) is 61.2 Å². The van der Waals surface area contributed by atoms with E-state index in [1.807, 2.05) is 39.8 Å². The van der Waals surface area contributed by atoms with Crippen molar-refractivity contribution in [3.63, 3.8) is 0 Å². The molecule has 2 aliphatic rings. The van der Waals surface area contributed by atoms with Crippen LogP contribution in [0.3, 0.4) is 0 Å². The van der Waals surface area contributed by atoms with Gasteiger partial charge in [0.2, 0.25) is 5.91 Å². The van der Waals surface area contributed by atoms with Crippen molar-refractivity contribution in [1.29, 1.82) is 0 Å². The molecule has 1 amide bonds. The van der Waals surface area contributed by atoms with Gasteiger partial charge in [-0.3, -0.25) is 9.36 Å². The van der Waals surface area contributed by atoms with Crippen LogP contribution in [0.5, 0.6) is 0 Å². The van der Waals surface area contributed by atoms with E-state index in [0.29, 0.717) is 18.3 Å². The first-order valence-corrected chi connectivity index (χ1v) is 11.6. The summed E-state index contributed by atoms with van der Waals surface area (Å²) in [7, 11) is 0. The molecule has 1 aromatic heterocycles. The van der Waals surface area contributed by atoms with Gasteiger partial charge in [-0.2, -0.15) is 13.2 Å². The summed E-state index contributed by atoms with van der Waals surface area (Å²) in [5, 5.41) is 18.3. The van der Waals surface area contributed by atoms with Gasteiger partial charge in [0.25, 0.3) is 0 Å². The minimum absolute atomic E-state index is 0.172. The summed E-state index contributed by atoms with van der Waals surface area (Å²) in [6.07, 6.45) is 1.04. The molecule has 0 saturated carbocycles. The summed E-state index contributed by atoms with van der Waals surface area (Å²) in [6, 6.07) is 16.5. The summed E-state index contributed by atoms with van der Waals surface area (Å²) in [5.74, 6) is -1.48. The Kier molecular flexibility index (Phi) is 7.68. The lowest BCUT2D eigenvalue weighted by atomic mass is 9.82. The molecule has 2 N–H and O–H groups in total. The number of carbonyl (C=O) groups is 2. The van der Waals surface area contributed by atoms with E-state index in [-0.39, 0.29) is 5.91 Å². The molecule has 1 atom stereocenters. The molecule has 0 aliphatic carbocycles. The van der Waals surface area contributed by atoms with E-state index in [2.05, 4.69) is 33.7 Å². The van der Waals surface area contributed by atoms with E-state index in [4.69, 9.17) is 9.90 Å². The van der Waals surface area contributed by atoms with Gasteiger partial charge in [0.1, 0.15) is 12.7 Å². The maximum Gasteiger partial charge on any atom is 0.490 e. The highest BCUT2D eigenvalue weighted by Crippen LogP contribution is 2.43. The minimum atomic E-state index is -5.08. The molecule has 1 unspecified atom stereocenters.